The van der Waals surface area contributed by atoms with Crippen molar-refractivity contribution in [1.29, 1.82) is 0 Å². The quantitative estimate of drug-likeness (QED) is 0.193. The highest BCUT2D eigenvalue weighted by molar-refractivity contribution is 7.99. The molecule has 1 amide bonds. The number of aryl methyl sites for hydroxylation is 3. The standard InChI is InChI=1S/C24H29NO5S.C8H10/c1-5-14-24(22(27)30-6-2,25-23(28)29-4)15-13-18-9-12-20(16-21(18)26)31-19-10-7-17(3)8-11-19;1-2-8-6-4-3-5-7-8/h5,7-12,16,26H,1,6,13-15H2,2-4H3,(H,25,28);3-7H,2H2,1H3. The average molecular weight is 550 g/mol. The van der Waals surface area contributed by atoms with Crippen LogP contribution in [0.25, 0.3) is 0 Å². The zero-order valence-electron chi connectivity index (χ0n) is 23.2. The molecular weight excluding hydrogens is 510 g/mol. The van der Waals surface area contributed by atoms with Crippen molar-refractivity contribution in [3.8, 4) is 5.75 Å². The summed E-state index contributed by atoms with van der Waals surface area (Å²) in [5.41, 5.74) is 1.94. The molecule has 7 heteroatoms. The summed E-state index contributed by atoms with van der Waals surface area (Å²) in [5, 5.41) is 13.2. The lowest BCUT2D eigenvalue weighted by molar-refractivity contribution is -0.151. The van der Waals surface area contributed by atoms with E-state index in [1.807, 2.05) is 49.4 Å². The van der Waals surface area contributed by atoms with Crippen molar-refractivity contribution in [2.75, 3.05) is 13.7 Å². The van der Waals surface area contributed by atoms with Crippen LogP contribution in [0.4, 0.5) is 4.79 Å². The minimum atomic E-state index is -1.33. The van der Waals surface area contributed by atoms with E-state index < -0.39 is 17.6 Å². The molecule has 3 aromatic carbocycles. The van der Waals surface area contributed by atoms with Gasteiger partial charge < -0.3 is 19.9 Å². The number of hydrogen-bond donors (Lipinski definition) is 2. The highest BCUT2D eigenvalue weighted by Crippen LogP contribution is 2.33. The highest BCUT2D eigenvalue weighted by atomic mass is 32.2. The number of hydrogen-bond acceptors (Lipinski definition) is 6. The van der Waals surface area contributed by atoms with Gasteiger partial charge in [0.25, 0.3) is 0 Å². The van der Waals surface area contributed by atoms with Gasteiger partial charge >= 0.3 is 12.1 Å². The third kappa shape index (κ3) is 10.2. The van der Waals surface area contributed by atoms with Crippen molar-refractivity contribution in [3.63, 3.8) is 0 Å². The summed E-state index contributed by atoms with van der Waals surface area (Å²) in [7, 11) is 1.23. The van der Waals surface area contributed by atoms with Gasteiger partial charge in [0.1, 0.15) is 11.3 Å². The molecular formula is C32H39NO5S. The summed E-state index contributed by atoms with van der Waals surface area (Å²) in [6.07, 6.45) is 2.69. The minimum Gasteiger partial charge on any atom is -0.508 e. The highest BCUT2D eigenvalue weighted by Gasteiger charge is 2.40. The number of phenols is 1. The lowest BCUT2D eigenvalue weighted by Gasteiger charge is -2.31. The monoisotopic (exact) mass is 549 g/mol. The van der Waals surface area contributed by atoms with Crippen LogP contribution in [0.1, 0.15) is 43.4 Å². The summed E-state index contributed by atoms with van der Waals surface area (Å²) in [4.78, 5) is 26.6. The maximum absolute atomic E-state index is 12.7. The molecule has 0 spiro atoms. The third-order valence-corrected chi connectivity index (χ3v) is 7.07. The second-order valence-corrected chi connectivity index (χ2v) is 10.1. The molecule has 2 N–H and O–H groups in total. The van der Waals surface area contributed by atoms with Crippen LogP contribution in [0.5, 0.6) is 5.75 Å². The van der Waals surface area contributed by atoms with E-state index in [1.165, 1.54) is 18.2 Å². The van der Waals surface area contributed by atoms with Crippen LogP contribution >= 0.6 is 11.8 Å². The molecule has 0 saturated carbocycles. The molecule has 0 aliphatic rings. The van der Waals surface area contributed by atoms with Crippen LogP contribution in [-0.2, 0) is 27.1 Å². The summed E-state index contributed by atoms with van der Waals surface area (Å²) >= 11 is 1.55. The van der Waals surface area contributed by atoms with E-state index in [0.717, 1.165) is 16.2 Å². The molecule has 1 unspecified atom stereocenters. The molecule has 0 bridgehead atoms. The molecule has 0 heterocycles. The predicted molar refractivity (Wildman–Crippen MR) is 157 cm³/mol. The lowest BCUT2D eigenvalue weighted by atomic mass is 9.87. The van der Waals surface area contributed by atoms with E-state index in [2.05, 4.69) is 43.1 Å². The Morgan fingerprint density at radius 3 is 2.23 bits per heavy atom. The van der Waals surface area contributed by atoms with E-state index in [0.29, 0.717) is 12.0 Å². The van der Waals surface area contributed by atoms with Crippen molar-refractivity contribution in [1.82, 2.24) is 5.32 Å². The number of esters is 1. The van der Waals surface area contributed by atoms with Gasteiger partial charge in [-0.05, 0) is 74.9 Å². The Bertz CT molecular complexity index is 1200. The van der Waals surface area contributed by atoms with Gasteiger partial charge in [-0.15, -0.1) is 6.58 Å². The average Bonchev–Trinajstić information content (AvgIpc) is 2.94. The Kier molecular flexibility index (Phi) is 13.2. The summed E-state index contributed by atoms with van der Waals surface area (Å²) in [5.74, 6) is -0.433. The Morgan fingerprint density at radius 2 is 1.69 bits per heavy atom. The molecule has 0 saturated heterocycles. The Hall–Kier alpha value is -3.71. The van der Waals surface area contributed by atoms with Crippen LogP contribution in [0.15, 0.2) is 95.2 Å². The molecule has 0 fully saturated rings. The van der Waals surface area contributed by atoms with Gasteiger partial charge in [-0.1, -0.05) is 78.9 Å². The zero-order valence-corrected chi connectivity index (χ0v) is 24.1. The molecule has 3 aromatic rings. The maximum Gasteiger partial charge on any atom is 0.407 e. The minimum absolute atomic E-state index is 0.131. The SMILES string of the molecule is C=CCC(CCc1ccc(Sc2ccc(C)cc2)cc1O)(NC(=O)OC)C(=O)OCC.CCc1ccccc1. The molecule has 3 rings (SSSR count). The van der Waals surface area contributed by atoms with Crippen LogP contribution < -0.4 is 5.32 Å². The van der Waals surface area contributed by atoms with Crippen LogP contribution in [0, 0.1) is 6.92 Å². The first kappa shape index (κ1) is 31.5. The number of methoxy groups -OCH3 is 1. The van der Waals surface area contributed by atoms with Crippen molar-refractivity contribution < 1.29 is 24.2 Å². The zero-order chi connectivity index (χ0) is 28.7. The largest absolute Gasteiger partial charge is 0.508 e. The topological polar surface area (TPSA) is 84.9 Å². The summed E-state index contributed by atoms with van der Waals surface area (Å²) in [6, 6.07) is 24.1. The number of carbonyl (C=O) groups is 2. The van der Waals surface area contributed by atoms with Gasteiger partial charge in [-0.2, -0.15) is 0 Å². The number of phenolic OH excluding ortho intramolecular Hbond substituents is 1. The number of rotatable bonds is 11. The first-order valence-corrected chi connectivity index (χ1v) is 13.8. The Labute approximate surface area is 236 Å². The molecule has 6 nitrogen and oxygen atoms in total. The van der Waals surface area contributed by atoms with E-state index in [4.69, 9.17) is 9.47 Å². The van der Waals surface area contributed by atoms with Gasteiger partial charge in [0, 0.05) is 9.79 Å². The van der Waals surface area contributed by atoms with Crippen molar-refractivity contribution in [2.24, 2.45) is 0 Å². The fourth-order valence-electron chi connectivity index (χ4n) is 3.84. The fourth-order valence-corrected chi connectivity index (χ4v) is 4.69. The number of benzene rings is 3. The number of aromatic hydroxyl groups is 1. The van der Waals surface area contributed by atoms with Gasteiger partial charge in [0.2, 0.25) is 0 Å². The number of amides is 1. The molecule has 208 valence electrons. The van der Waals surface area contributed by atoms with E-state index in [9.17, 15) is 14.7 Å². The Morgan fingerprint density at radius 1 is 1.03 bits per heavy atom. The van der Waals surface area contributed by atoms with Gasteiger partial charge in [-0.25, -0.2) is 9.59 Å². The van der Waals surface area contributed by atoms with Gasteiger partial charge in [-0.3, -0.25) is 0 Å². The number of nitrogens with one attached hydrogen (secondary N) is 1. The molecule has 0 aliphatic heterocycles. The number of carbonyl (C=O) groups excluding carboxylic acids is 2. The van der Waals surface area contributed by atoms with Crippen molar-refractivity contribution >= 4 is 23.8 Å². The molecule has 0 aliphatic carbocycles. The summed E-state index contributed by atoms with van der Waals surface area (Å²) in [6.45, 7) is 9.77. The lowest BCUT2D eigenvalue weighted by Crippen LogP contribution is -2.55. The maximum atomic E-state index is 12.7. The third-order valence-electron chi connectivity index (χ3n) is 6.07. The molecule has 0 radical (unpaired) electrons. The number of ether oxygens (including phenoxy) is 2. The van der Waals surface area contributed by atoms with E-state index in [1.54, 1.807) is 30.8 Å². The second kappa shape index (κ2) is 16.3. The predicted octanol–water partition coefficient (Wildman–Crippen LogP) is 7.27. The van der Waals surface area contributed by atoms with Crippen molar-refractivity contribution in [2.45, 2.75) is 61.8 Å². The van der Waals surface area contributed by atoms with Gasteiger partial charge in [0.05, 0.1) is 13.7 Å². The first-order chi connectivity index (χ1) is 18.8. The van der Waals surface area contributed by atoms with Crippen LogP contribution in [0.2, 0.25) is 0 Å². The normalized spacial score (nSPS) is 11.8. The molecule has 0 aromatic heterocycles. The van der Waals surface area contributed by atoms with Crippen LogP contribution in [-0.4, -0.2) is 36.4 Å². The smallest absolute Gasteiger partial charge is 0.407 e. The van der Waals surface area contributed by atoms with E-state index >= 15 is 0 Å². The first-order valence-electron chi connectivity index (χ1n) is 13.0. The molecule has 1 atom stereocenters. The number of alkyl carbamates (subject to hydrolysis) is 1. The van der Waals surface area contributed by atoms with E-state index in [-0.39, 0.29) is 25.2 Å². The fraction of sp³-hybridized carbons (Fsp3) is 0.312. The van der Waals surface area contributed by atoms with Crippen LogP contribution in [0.3, 0.4) is 0 Å². The Balaban J connectivity index is 0.000000568. The van der Waals surface area contributed by atoms with Gasteiger partial charge in [0.15, 0.2) is 0 Å². The van der Waals surface area contributed by atoms with Crippen molar-refractivity contribution in [3.05, 3.63) is 102 Å². The molecule has 39 heavy (non-hydrogen) atoms. The summed E-state index contributed by atoms with van der Waals surface area (Å²) < 4.78 is 9.89. The second-order valence-electron chi connectivity index (χ2n) is 8.96.